The summed E-state index contributed by atoms with van der Waals surface area (Å²) in [7, 11) is 1.49. The summed E-state index contributed by atoms with van der Waals surface area (Å²) < 4.78 is 5.32. The van der Waals surface area contributed by atoms with Gasteiger partial charge in [-0.2, -0.15) is 0 Å². The van der Waals surface area contributed by atoms with Crippen LogP contribution in [0.3, 0.4) is 0 Å². The van der Waals surface area contributed by atoms with E-state index in [9.17, 15) is 4.79 Å². The molecular weight excluding hydrogens is 194 g/mol. The van der Waals surface area contributed by atoms with E-state index in [0.29, 0.717) is 10.9 Å². The maximum atomic E-state index is 11.3. The predicted octanol–water partition coefficient (Wildman–Crippen LogP) is 1.13. The third-order valence-electron chi connectivity index (χ3n) is 1.28. The molecule has 0 spiro atoms. The summed E-state index contributed by atoms with van der Waals surface area (Å²) in [6.45, 7) is 2.58. The van der Waals surface area contributed by atoms with E-state index in [1.807, 2.05) is 13.2 Å². The maximum Gasteiger partial charge on any atom is 0.253 e. The summed E-state index contributed by atoms with van der Waals surface area (Å²) in [4.78, 5) is 12.8. The van der Waals surface area contributed by atoms with Gasteiger partial charge in [-0.25, -0.2) is 0 Å². The number of hydrogen-bond donors (Lipinski definition) is 0. The van der Waals surface area contributed by atoms with Gasteiger partial charge in [-0.1, -0.05) is 24.0 Å². The van der Waals surface area contributed by atoms with Gasteiger partial charge < -0.3 is 4.74 Å². The smallest absolute Gasteiger partial charge is 0.253 e. The molecule has 0 aromatic rings. The Bertz CT molecular complexity index is 173. The third kappa shape index (κ3) is 3.51. The number of thiocarbonyl (C=S) groups is 1. The SMILES string of the molecule is CCN(C(=O)COC)C(=S)SC. The van der Waals surface area contributed by atoms with Crippen LogP contribution in [0.5, 0.6) is 0 Å². The van der Waals surface area contributed by atoms with Gasteiger partial charge in [0.05, 0.1) is 0 Å². The molecule has 0 saturated heterocycles. The predicted molar refractivity (Wildman–Crippen MR) is 55.4 cm³/mol. The minimum Gasteiger partial charge on any atom is -0.375 e. The molecule has 70 valence electrons. The van der Waals surface area contributed by atoms with Crippen LogP contribution in [-0.4, -0.2) is 41.6 Å². The van der Waals surface area contributed by atoms with Crippen molar-refractivity contribution in [1.82, 2.24) is 4.90 Å². The Balaban J connectivity index is 4.14. The molecule has 0 aliphatic carbocycles. The van der Waals surface area contributed by atoms with Crippen molar-refractivity contribution < 1.29 is 9.53 Å². The Morgan fingerprint density at radius 1 is 1.67 bits per heavy atom. The second-order valence-electron chi connectivity index (χ2n) is 2.04. The van der Waals surface area contributed by atoms with E-state index in [1.165, 1.54) is 23.8 Å². The summed E-state index contributed by atoms with van der Waals surface area (Å²) in [6, 6.07) is 0. The fraction of sp³-hybridized carbons (Fsp3) is 0.714. The Hall–Kier alpha value is -0.130. The van der Waals surface area contributed by atoms with Crippen LogP contribution in [0.2, 0.25) is 0 Å². The zero-order valence-corrected chi connectivity index (χ0v) is 9.13. The summed E-state index contributed by atoms with van der Waals surface area (Å²) in [5.74, 6) is -0.0839. The van der Waals surface area contributed by atoms with Gasteiger partial charge in [-0.05, 0) is 13.2 Å². The normalized spacial score (nSPS) is 9.58. The lowest BCUT2D eigenvalue weighted by atomic mass is 10.5. The molecule has 0 atom stereocenters. The summed E-state index contributed by atoms with van der Waals surface area (Å²) >= 11 is 6.37. The molecule has 0 aromatic heterocycles. The fourth-order valence-electron chi connectivity index (χ4n) is 0.719. The van der Waals surface area contributed by atoms with Crippen LogP contribution in [0.15, 0.2) is 0 Å². The second-order valence-corrected chi connectivity index (χ2v) is 3.48. The van der Waals surface area contributed by atoms with Crippen molar-refractivity contribution in [3.63, 3.8) is 0 Å². The quantitative estimate of drug-likeness (QED) is 0.649. The highest BCUT2D eigenvalue weighted by Gasteiger charge is 2.14. The summed E-state index contributed by atoms with van der Waals surface area (Å²) in [6.07, 6.45) is 1.85. The molecule has 0 aromatic carbocycles. The third-order valence-corrected chi connectivity index (χ3v) is 2.57. The lowest BCUT2D eigenvalue weighted by Gasteiger charge is -2.19. The standard InChI is InChI=1S/C7H13NO2S2/c1-4-8(7(11)12-3)6(9)5-10-2/h4-5H2,1-3H3. The van der Waals surface area contributed by atoms with Gasteiger partial charge in [0.1, 0.15) is 10.9 Å². The zero-order chi connectivity index (χ0) is 9.56. The Morgan fingerprint density at radius 2 is 2.25 bits per heavy atom. The van der Waals surface area contributed by atoms with E-state index in [4.69, 9.17) is 17.0 Å². The Labute approximate surface area is 82.4 Å². The average molecular weight is 207 g/mol. The summed E-state index contributed by atoms with van der Waals surface area (Å²) in [5.41, 5.74) is 0. The largest absolute Gasteiger partial charge is 0.375 e. The number of thioether (sulfide) groups is 1. The number of ether oxygens (including phenoxy) is 1. The molecule has 0 heterocycles. The van der Waals surface area contributed by atoms with E-state index < -0.39 is 0 Å². The number of methoxy groups -OCH3 is 1. The van der Waals surface area contributed by atoms with Gasteiger partial charge in [0.2, 0.25) is 0 Å². The first kappa shape index (κ1) is 11.9. The molecule has 0 saturated carbocycles. The van der Waals surface area contributed by atoms with E-state index in [-0.39, 0.29) is 12.5 Å². The fourth-order valence-corrected chi connectivity index (χ4v) is 1.40. The van der Waals surface area contributed by atoms with Gasteiger partial charge in [0.25, 0.3) is 5.91 Å². The van der Waals surface area contributed by atoms with Crippen molar-refractivity contribution in [2.24, 2.45) is 0 Å². The highest BCUT2D eigenvalue weighted by molar-refractivity contribution is 8.22. The maximum absolute atomic E-state index is 11.3. The van der Waals surface area contributed by atoms with Crippen molar-refractivity contribution in [2.75, 3.05) is 26.5 Å². The summed E-state index contributed by atoms with van der Waals surface area (Å²) in [5, 5.41) is 0. The molecule has 0 N–H and O–H groups in total. The van der Waals surface area contributed by atoms with Crippen molar-refractivity contribution in [2.45, 2.75) is 6.92 Å². The van der Waals surface area contributed by atoms with Crippen LogP contribution in [0.1, 0.15) is 6.92 Å². The molecule has 0 radical (unpaired) electrons. The van der Waals surface area contributed by atoms with E-state index >= 15 is 0 Å². The van der Waals surface area contributed by atoms with Crippen LogP contribution in [0, 0.1) is 0 Å². The molecule has 0 aliphatic rings. The number of amides is 1. The van der Waals surface area contributed by atoms with Gasteiger partial charge in [0.15, 0.2) is 0 Å². The van der Waals surface area contributed by atoms with Crippen molar-refractivity contribution in [3.8, 4) is 0 Å². The van der Waals surface area contributed by atoms with Crippen molar-refractivity contribution in [3.05, 3.63) is 0 Å². The minimum atomic E-state index is -0.0839. The van der Waals surface area contributed by atoms with Crippen molar-refractivity contribution in [1.29, 1.82) is 0 Å². The lowest BCUT2D eigenvalue weighted by Crippen LogP contribution is -2.36. The number of carbonyl (C=O) groups is 1. The first-order valence-electron chi connectivity index (χ1n) is 3.54. The number of hydrogen-bond acceptors (Lipinski definition) is 4. The first-order valence-corrected chi connectivity index (χ1v) is 5.17. The number of carbonyl (C=O) groups excluding carboxylic acids is 1. The van der Waals surface area contributed by atoms with Crippen molar-refractivity contribution >= 4 is 34.2 Å². The Kier molecular flexibility index (Phi) is 6.32. The molecular formula is C7H13NO2S2. The molecule has 0 aliphatic heterocycles. The Morgan fingerprint density at radius 3 is 2.58 bits per heavy atom. The van der Waals surface area contributed by atoms with Gasteiger partial charge in [0, 0.05) is 13.7 Å². The van der Waals surface area contributed by atoms with Crippen LogP contribution >= 0.6 is 24.0 Å². The molecule has 0 unspecified atom stereocenters. The topological polar surface area (TPSA) is 29.5 Å². The molecule has 0 rings (SSSR count). The first-order chi connectivity index (χ1) is 5.67. The molecule has 0 fully saturated rings. The van der Waals surface area contributed by atoms with Gasteiger partial charge in [-0.15, -0.1) is 0 Å². The number of nitrogens with zero attached hydrogens (tertiary/aromatic N) is 1. The monoisotopic (exact) mass is 207 g/mol. The van der Waals surface area contributed by atoms with E-state index in [1.54, 1.807) is 0 Å². The highest BCUT2D eigenvalue weighted by Crippen LogP contribution is 2.05. The van der Waals surface area contributed by atoms with Crippen LogP contribution in [-0.2, 0) is 9.53 Å². The zero-order valence-electron chi connectivity index (χ0n) is 7.49. The van der Waals surface area contributed by atoms with Gasteiger partial charge in [-0.3, -0.25) is 9.69 Å². The number of likely N-dealkylation sites (N-methyl/N-ethyl adjacent to an activating group) is 1. The lowest BCUT2D eigenvalue weighted by molar-refractivity contribution is -0.130. The molecule has 5 heteroatoms. The van der Waals surface area contributed by atoms with Gasteiger partial charge >= 0.3 is 0 Å². The van der Waals surface area contributed by atoms with Crippen LogP contribution < -0.4 is 0 Å². The average Bonchev–Trinajstić information content (AvgIpc) is 2.06. The number of rotatable bonds is 3. The molecule has 12 heavy (non-hydrogen) atoms. The van der Waals surface area contributed by atoms with Crippen LogP contribution in [0.25, 0.3) is 0 Å². The minimum absolute atomic E-state index is 0.0839. The van der Waals surface area contributed by atoms with E-state index in [2.05, 4.69) is 0 Å². The second kappa shape index (κ2) is 6.39. The molecule has 3 nitrogen and oxygen atoms in total. The van der Waals surface area contributed by atoms with E-state index in [0.717, 1.165) is 0 Å². The molecule has 1 amide bonds. The van der Waals surface area contributed by atoms with Crippen LogP contribution in [0.4, 0.5) is 0 Å². The molecule has 0 bridgehead atoms. The highest BCUT2D eigenvalue weighted by atomic mass is 32.2.